The van der Waals surface area contributed by atoms with Crippen LogP contribution in [0.2, 0.25) is 0 Å². The van der Waals surface area contributed by atoms with E-state index in [1.807, 2.05) is 0 Å². The van der Waals surface area contributed by atoms with Crippen LogP contribution in [-0.4, -0.2) is 35.1 Å². The minimum Gasteiger partial charge on any atom is -0.353 e. The van der Waals surface area contributed by atoms with Crippen molar-refractivity contribution in [3.63, 3.8) is 0 Å². The molecule has 0 spiro atoms. The van der Waals surface area contributed by atoms with Crippen molar-refractivity contribution in [1.82, 2.24) is 15.3 Å². The van der Waals surface area contributed by atoms with Gasteiger partial charge in [0, 0.05) is 30.4 Å². The van der Waals surface area contributed by atoms with Gasteiger partial charge in [-0.05, 0) is 39.7 Å². The number of nitrogens with one attached hydrogen (secondary N) is 1. The van der Waals surface area contributed by atoms with Crippen molar-refractivity contribution in [2.24, 2.45) is 0 Å². The van der Waals surface area contributed by atoms with Crippen molar-refractivity contribution >= 4 is 5.82 Å². The third-order valence-electron chi connectivity index (χ3n) is 3.96. The van der Waals surface area contributed by atoms with Gasteiger partial charge >= 0.3 is 0 Å². The lowest BCUT2D eigenvalue weighted by molar-refractivity contribution is 0.392. The molecular formula is C16H28N4. The lowest BCUT2D eigenvalue weighted by Crippen LogP contribution is -2.46. The lowest BCUT2D eigenvalue weighted by atomic mass is 10.0. The van der Waals surface area contributed by atoms with Gasteiger partial charge in [-0.1, -0.05) is 19.8 Å². The van der Waals surface area contributed by atoms with E-state index in [9.17, 15) is 0 Å². The minimum absolute atomic E-state index is 0.461. The molecule has 0 radical (unpaired) electrons. The number of anilines is 1. The summed E-state index contributed by atoms with van der Waals surface area (Å²) in [6.45, 7) is 8.87. The SMILES string of the molecule is CCCc1cc(N(CC2CCCCN2)C(C)C)ncn1. The number of piperidine rings is 1. The molecule has 2 heterocycles. The van der Waals surface area contributed by atoms with Crippen molar-refractivity contribution in [1.29, 1.82) is 0 Å². The second-order valence-corrected chi connectivity index (χ2v) is 6.01. The van der Waals surface area contributed by atoms with Crippen molar-refractivity contribution in [2.75, 3.05) is 18.0 Å². The summed E-state index contributed by atoms with van der Waals surface area (Å²) in [6.07, 6.45) is 7.80. The van der Waals surface area contributed by atoms with E-state index in [0.29, 0.717) is 12.1 Å². The number of nitrogens with zero attached hydrogens (tertiary/aromatic N) is 3. The second-order valence-electron chi connectivity index (χ2n) is 6.01. The highest BCUT2D eigenvalue weighted by molar-refractivity contribution is 5.40. The smallest absolute Gasteiger partial charge is 0.132 e. The van der Waals surface area contributed by atoms with Crippen LogP contribution in [0.1, 0.15) is 52.1 Å². The summed E-state index contributed by atoms with van der Waals surface area (Å²) >= 11 is 0. The van der Waals surface area contributed by atoms with Crippen LogP contribution in [0.4, 0.5) is 5.82 Å². The molecule has 1 atom stereocenters. The molecule has 4 heteroatoms. The van der Waals surface area contributed by atoms with Gasteiger partial charge in [0.1, 0.15) is 12.1 Å². The molecule has 0 aromatic carbocycles. The number of hydrogen-bond acceptors (Lipinski definition) is 4. The summed E-state index contributed by atoms with van der Waals surface area (Å²) < 4.78 is 0. The quantitative estimate of drug-likeness (QED) is 0.867. The highest BCUT2D eigenvalue weighted by atomic mass is 15.2. The standard InChI is InChI=1S/C16H28N4/c1-4-7-14-10-16(19-12-18-14)20(13(2)3)11-15-8-5-6-9-17-15/h10,12-13,15,17H,4-9,11H2,1-3H3. The van der Waals surface area contributed by atoms with Gasteiger partial charge in [-0.25, -0.2) is 9.97 Å². The molecule has 1 aromatic rings. The predicted molar refractivity (Wildman–Crippen MR) is 84.2 cm³/mol. The van der Waals surface area contributed by atoms with Gasteiger partial charge < -0.3 is 10.2 Å². The van der Waals surface area contributed by atoms with Crippen LogP contribution < -0.4 is 10.2 Å². The number of rotatable bonds is 6. The zero-order valence-corrected chi connectivity index (χ0v) is 13.1. The van der Waals surface area contributed by atoms with Crippen LogP contribution in [0.15, 0.2) is 12.4 Å². The van der Waals surface area contributed by atoms with E-state index in [2.05, 4.69) is 47.0 Å². The largest absolute Gasteiger partial charge is 0.353 e. The molecule has 1 N–H and O–H groups in total. The first kappa shape index (κ1) is 15.2. The fourth-order valence-electron chi connectivity index (χ4n) is 2.82. The van der Waals surface area contributed by atoms with Gasteiger partial charge in [-0.2, -0.15) is 0 Å². The van der Waals surface area contributed by atoms with E-state index in [-0.39, 0.29) is 0 Å². The molecule has 20 heavy (non-hydrogen) atoms. The summed E-state index contributed by atoms with van der Waals surface area (Å²) in [5, 5.41) is 3.63. The molecule has 112 valence electrons. The van der Waals surface area contributed by atoms with Crippen molar-refractivity contribution in [3.05, 3.63) is 18.1 Å². The summed E-state index contributed by atoms with van der Waals surface area (Å²) in [6, 6.07) is 3.21. The van der Waals surface area contributed by atoms with Crippen LogP contribution in [0.3, 0.4) is 0 Å². The zero-order valence-electron chi connectivity index (χ0n) is 13.1. The Balaban J connectivity index is 2.08. The topological polar surface area (TPSA) is 41.0 Å². The summed E-state index contributed by atoms with van der Waals surface area (Å²) in [4.78, 5) is 11.3. The second kappa shape index (κ2) is 7.58. The first-order valence-corrected chi connectivity index (χ1v) is 8.01. The normalized spacial score (nSPS) is 19.3. The van der Waals surface area contributed by atoms with Gasteiger partial charge in [-0.3, -0.25) is 0 Å². The maximum Gasteiger partial charge on any atom is 0.132 e. The number of aromatic nitrogens is 2. The monoisotopic (exact) mass is 276 g/mol. The lowest BCUT2D eigenvalue weighted by Gasteiger charge is -2.34. The molecular weight excluding hydrogens is 248 g/mol. The van der Waals surface area contributed by atoms with Crippen LogP contribution in [0, 0.1) is 0 Å². The number of aryl methyl sites for hydroxylation is 1. The van der Waals surface area contributed by atoms with E-state index < -0.39 is 0 Å². The Labute approximate surface area is 123 Å². The molecule has 1 fully saturated rings. The zero-order chi connectivity index (χ0) is 14.4. The summed E-state index contributed by atoms with van der Waals surface area (Å²) in [5.74, 6) is 1.07. The fourth-order valence-corrected chi connectivity index (χ4v) is 2.82. The average molecular weight is 276 g/mol. The van der Waals surface area contributed by atoms with Crippen molar-refractivity contribution in [3.8, 4) is 0 Å². The minimum atomic E-state index is 0.461. The van der Waals surface area contributed by atoms with Crippen molar-refractivity contribution < 1.29 is 0 Å². The summed E-state index contributed by atoms with van der Waals surface area (Å²) in [5.41, 5.74) is 1.15. The average Bonchev–Trinajstić information content (AvgIpc) is 2.46. The molecule has 1 aliphatic heterocycles. The van der Waals surface area contributed by atoms with Gasteiger partial charge in [0.25, 0.3) is 0 Å². The Morgan fingerprint density at radius 3 is 2.85 bits per heavy atom. The molecule has 1 aromatic heterocycles. The van der Waals surface area contributed by atoms with Crippen LogP contribution >= 0.6 is 0 Å². The molecule has 0 aliphatic carbocycles. The molecule has 1 unspecified atom stereocenters. The van der Waals surface area contributed by atoms with Gasteiger partial charge in [0.2, 0.25) is 0 Å². The molecule has 4 nitrogen and oxygen atoms in total. The van der Waals surface area contributed by atoms with Gasteiger partial charge in [-0.15, -0.1) is 0 Å². The molecule has 0 amide bonds. The molecule has 1 aliphatic rings. The molecule has 2 rings (SSSR count). The predicted octanol–water partition coefficient (Wildman–Crippen LogP) is 2.79. The van der Waals surface area contributed by atoms with Crippen molar-refractivity contribution in [2.45, 2.75) is 65.0 Å². The van der Waals surface area contributed by atoms with E-state index in [0.717, 1.165) is 37.4 Å². The Bertz CT molecular complexity index is 399. The highest BCUT2D eigenvalue weighted by Gasteiger charge is 2.20. The highest BCUT2D eigenvalue weighted by Crippen LogP contribution is 2.18. The van der Waals surface area contributed by atoms with Crippen LogP contribution in [-0.2, 0) is 6.42 Å². The number of hydrogen-bond donors (Lipinski definition) is 1. The molecule has 1 saturated heterocycles. The van der Waals surface area contributed by atoms with Gasteiger partial charge in [0.15, 0.2) is 0 Å². The Morgan fingerprint density at radius 1 is 1.35 bits per heavy atom. The Kier molecular flexibility index (Phi) is 5.77. The summed E-state index contributed by atoms with van der Waals surface area (Å²) in [7, 11) is 0. The molecule has 0 saturated carbocycles. The van der Waals surface area contributed by atoms with Gasteiger partial charge in [0.05, 0.1) is 0 Å². The first-order valence-electron chi connectivity index (χ1n) is 8.01. The maximum absolute atomic E-state index is 4.50. The Hall–Kier alpha value is -1.16. The van der Waals surface area contributed by atoms with E-state index >= 15 is 0 Å². The van der Waals surface area contributed by atoms with E-state index in [1.165, 1.54) is 19.3 Å². The first-order chi connectivity index (χ1) is 9.70. The van der Waals surface area contributed by atoms with Crippen LogP contribution in [0.5, 0.6) is 0 Å². The maximum atomic E-state index is 4.50. The fraction of sp³-hybridized carbons (Fsp3) is 0.750. The van der Waals surface area contributed by atoms with E-state index in [1.54, 1.807) is 6.33 Å². The molecule has 0 bridgehead atoms. The third kappa shape index (κ3) is 4.17. The third-order valence-corrected chi connectivity index (χ3v) is 3.96. The Morgan fingerprint density at radius 2 is 2.20 bits per heavy atom. The van der Waals surface area contributed by atoms with Crippen LogP contribution in [0.25, 0.3) is 0 Å². The van der Waals surface area contributed by atoms with E-state index in [4.69, 9.17) is 0 Å².